The van der Waals surface area contributed by atoms with Crippen molar-refractivity contribution in [3.8, 4) is 11.5 Å². The van der Waals surface area contributed by atoms with Crippen LogP contribution in [0, 0.1) is 0 Å². The number of ether oxygens (including phenoxy) is 1. The number of carboxylic acids is 1. The third-order valence-electron chi connectivity index (χ3n) is 10.4. The molecule has 1 unspecified atom stereocenters. The Balaban J connectivity index is 1.06. The topological polar surface area (TPSA) is 105 Å². The van der Waals surface area contributed by atoms with Crippen LogP contribution in [0.1, 0.15) is 111 Å². The Labute approximate surface area is 318 Å². The molecule has 8 nitrogen and oxygen atoms in total. The lowest BCUT2D eigenvalue weighted by atomic mass is 9.89. The Kier molecular flexibility index (Phi) is 13.1. The molecule has 8 heteroatoms. The van der Waals surface area contributed by atoms with Gasteiger partial charge in [-0.05, 0) is 56.0 Å². The number of nitrogens with zero attached hydrogens (tertiary/aromatic N) is 3. The quantitative estimate of drug-likeness (QED) is 0.0391. The SMILES string of the molecule is CCCCC1(OCCCCCCCCCCC(=O)c2cc(N=c3cc4oc5cc(N(C)C)ccc5nc-4c4ccccc34)ccc2C(=O)O)C=CC=CC1. The van der Waals surface area contributed by atoms with E-state index < -0.39 is 5.97 Å². The van der Waals surface area contributed by atoms with Gasteiger partial charge in [0, 0.05) is 61.3 Å². The lowest BCUT2D eigenvalue weighted by Crippen LogP contribution is -2.31. The van der Waals surface area contributed by atoms with Crippen molar-refractivity contribution in [2.45, 2.75) is 96.0 Å². The van der Waals surface area contributed by atoms with Gasteiger partial charge in [-0.2, -0.15) is 0 Å². The first kappa shape index (κ1) is 38.6. The second-order valence-electron chi connectivity index (χ2n) is 14.7. The van der Waals surface area contributed by atoms with Crippen molar-refractivity contribution in [1.82, 2.24) is 4.98 Å². The number of aromatic nitrogens is 1. The normalized spacial score (nSPS) is 15.8. The first-order valence-electron chi connectivity index (χ1n) is 19.6. The number of ketones is 1. The number of unbranched alkanes of at least 4 members (excludes halogenated alkanes) is 8. The highest BCUT2D eigenvalue weighted by molar-refractivity contribution is 6.06. The van der Waals surface area contributed by atoms with Crippen molar-refractivity contribution >= 4 is 45.0 Å². The molecule has 6 rings (SSSR count). The zero-order valence-electron chi connectivity index (χ0n) is 32.0. The Bertz CT molecular complexity index is 2180. The van der Waals surface area contributed by atoms with Gasteiger partial charge in [0.05, 0.1) is 22.2 Å². The second kappa shape index (κ2) is 18.3. The summed E-state index contributed by atoms with van der Waals surface area (Å²) < 4.78 is 12.8. The molecular weight excluding hydrogens is 675 g/mol. The van der Waals surface area contributed by atoms with Crippen molar-refractivity contribution in [2.24, 2.45) is 4.99 Å². The summed E-state index contributed by atoms with van der Waals surface area (Å²) in [5.41, 5.74) is 3.74. The molecule has 1 heterocycles. The van der Waals surface area contributed by atoms with Crippen molar-refractivity contribution in [1.29, 1.82) is 0 Å². The van der Waals surface area contributed by atoms with Gasteiger partial charge in [0.25, 0.3) is 0 Å². The van der Waals surface area contributed by atoms with E-state index in [-0.39, 0.29) is 22.5 Å². The van der Waals surface area contributed by atoms with Crippen LogP contribution >= 0.6 is 0 Å². The van der Waals surface area contributed by atoms with Crippen LogP contribution in [-0.4, -0.2) is 48.1 Å². The van der Waals surface area contributed by atoms with Crippen LogP contribution in [-0.2, 0) is 4.74 Å². The summed E-state index contributed by atoms with van der Waals surface area (Å²) >= 11 is 0. The van der Waals surface area contributed by atoms with E-state index in [9.17, 15) is 14.7 Å². The van der Waals surface area contributed by atoms with Crippen LogP contribution in [0.25, 0.3) is 33.3 Å². The Morgan fingerprint density at radius 2 is 1.63 bits per heavy atom. The molecule has 0 amide bonds. The predicted molar refractivity (Wildman–Crippen MR) is 218 cm³/mol. The lowest BCUT2D eigenvalue weighted by Gasteiger charge is -2.31. The maximum atomic E-state index is 13.4. The van der Waals surface area contributed by atoms with Crippen molar-refractivity contribution < 1.29 is 23.8 Å². The molecule has 1 atom stereocenters. The number of carbonyl (C=O) groups excluding carboxylic acids is 1. The van der Waals surface area contributed by atoms with Crippen LogP contribution in [0.4, 0.5) is 11.4 Å². The average molecular weight is 728 g/mol. The maximum Gasteiger partial charge on any atom is 0.336 e. The molecule has 282 valence electrons. The fraction of sp³-hybridized carbons (Fsp3) is 0.391. The molecule has 0 saturated heterocycles. The predicted octanol–water partition coefficient (Wildman–Crippen LogP) is 11.2. The number of rotatable bonds is 19. The largest absolute Gasteiger partial charge is 0.478 e. The molecule has 3 aliphatic rings. The third-order valence-corrected chi connectivity index (χ3v) is 10.4. The van der Waals surface area contributed by atoms with Crippen molar-refractivity contribution in [3.63, 3.8) is 0 Å². The summed E-state index contributed by atoms with van der Waals surface area (Å²) in [6.45, 7) is 3.03. The molecule has 0 radical (unpaired) electrons. The summed E-state index contributed by atoms with van der Waals surface area (Å²) in [6, 6.07) is 20.4. The highest BCUT2D eigenvalue weighted by Crippen LogP contribution is 2.32. The second-order valence-corrected chi connectivity index (χ2v) is 14.7. The Morgan fingerprint density at radius 1 is 0.870 bits per heavy atom. The number of carboxylic acid groups (broad SMARTS) is 1. The zero-order valence-corrected chi connectivity index (χ0v) is 32.0. The van der Waals surface area contributed by atoms with E-state index >= 15 is 0 Å². The number of Topliss-reactive ketones (excluding diaryl/α,β-unsaturated/α-hetero) is 1. The number of benzene rings is 4. The molecule has 0 bridgehead atoms. The lowest BCUT2D eigenvalue weighted by molar-refractivity contribution is -0.0164. The molecule has 3 aromatic carbocycles. The van der Waals surface area contributed by atoms with Gasteiger partial charge in [-0.3, -0.25) is 4.79 Å². The Hall–Kier alpha value is -5.08. The number of anilines is 1. The zero-order chi connectivity index (χ0) is 37.9. The fourth-order valence-electron chi connectivity index (χ4n) is 7.30. The van der Waals surface area contributed by atoms with E-state index in [2.05, 4.69) is 31.2 Å². The summed E-state index contributed by atoms with van der Waals surface area (Å²) in [7, 11) is 3.96. The van der Waals surface area contributed by atoms with Crippen LogP contribution in [0.5, 0.6) is 0 Å². The van der Waals surface area contributed by atoms with E-state index in [0.717, 1.165) is 85.6 Å². The van der Waals surface area contributed by atoms with Crippen molar-refractivity contribution in [2.75, 3.05) is 25.6 Å². The highest BCUT2D eigenvalue weighted by Gasteiger charge is 2.27. The van der Waals surface area contributed by atoms with Crippen LogP contribution in [0.3, 0.4) is 0 Å². The molecule has 0 aromatic heterocycles. The number of hydrogen-bond acceptors (Lipinski definition) is 7. The number of hydrogen-bond donors (Lipinski definition) is 1. The number of carbonyl (C=O) groups is 2. The Morgan fingerprint density at radius 3 is 2.35 bits per heavy atom. The van der Waals surface area contributed by atoms with E-state index in [1.165, 1.54) is 31.7 Å². The number of aromatic carboxylic acids is 1. The summed E-state index contributed by atoms with van der Waals surface area (Å²) in [5.74, 6) is -0.706. The standard InChI is InChI=1S/C46H53N3O5/c1-4-5-26-46(27-16-12-17-28-46)53-29-18-11-9-7-6-8-10-13-21-41(50)38-30-33(22-24-37(38)45(51)52)47-40-32-43-44(36-20-15-14-19-35(36)40)48-39-25-23-34(49(2)3)31-42(39)54-43/h12,14-17,19-20,22-25,27,30-32H,4-11,13,18,21,26,28-29H2,1-3H3,(H,51,52). The van der Waals surface area contributed by atoms with Gasteiger partial charge in [-0.25, -0.2) is 14.8 Å². The average Bonchev–Trinajstić information content (AvgIpc) is 3.18. The molecule has 0 spiro atoms. The summed E-state index contributed by atoms with van der Waals surface area (Å²) in [4.78, 5) is 37.5. The number of allylic oxidation sites excluding steroid dienone is 2. The van der Waals surface area contributed by atoms with Gasteiger partial charge in [0.15, 0.2) is 17.1 Å². The van der Waals surface area contributed by atoms with Gasteiger partial charge in [-0.15, -0.1) is 0 Å². The minimum atomic E-state index is -1.12. The minimum absolute atomic E-state index is 0.000855. The molecular formula is C46H53N3O5. The molecule has 54 heavy (non-hydrogen) atoms. The van der Waals surface area contributed by atoms with E-state index in [1.807, 2.05) is 67.5 Å². The molecule has 0 saturated carbocycles. The van der Waals surface area contributed by atoms with Gasteiger partial charge in [0.2, 0.25) is 0 Å². The monoisotopic (exact) mass is 727 g/mol. The van der Waals surface area contributed by atoms with Gasteiger partial charge < -0.3 is 19.2 Å². The maximum absolute atomic E-state index is 13.4. The molecule has 1 N–H and O–H groups in total. The number of fused-ring (bicyclic) bond motifs is 4. The van der Waals surface area contributed by atoms with Crippen molar-refractivity contribution in [3.05, 3.63) is 108 Å². The third kappa shape index (κ3) is 9.52. The van der Waals surface area contributed by atoms with Crippen LogP contribution in [0.2, 0.25) is 0 Å². The van der Waals surface area contributed by atoms with Gasteiger partial charge in [0.1, 0.15) is 11.2 Å². The van der Waals surface area contributed by atoms with E-state index in [0.29, 0.717) is 28.8 Å². The molecule has 3 aromatic rings. The highest BCUT2D eigenvalue weighted by atomic mass is 16.5. The first-order chi connectivity index (χ1) is 26.3. The summed E-state index contributed by atoms with van der Waals surface area (Å²) in [6.07, 6.45) is 21.9. The summed E-state index contributed by atoms with van der Waals surface area (Å²) in [5, 5.41) is 12.4. The first-order valence-corrected chi connectivity index (χ1v) is 19.6. The van der Waals surface area contributed by atoms with Crippen LogP contribution < -0.4 is 10.3 Å². The smallest absolute Gasteiger partial charge is 0.336 e. The fourth-order valence-corrected chi connectivity index (χ4v) is 7.30. The molecule has 0 fully saturated rings. The van der Waals surface area contributed by atoms with E-state index in [1.54, 1.807) is 12.1 Å². The van der Waals surface area contributed by atoms with Gasteiger partial charge in [-0.1, -0.05) is 107 Å². The molecule has 2 aliphatic carbocycles. The van der Waals surface area contributed by atoms with Gasteiger partial charge >= 0.3 is 5.97 Å². The minimum Gasteiger partial charge on any atom is -0.478 e. The molecule has 1 aliphatic heterocycles. The van der Waals surface area contributed by atoms with Crippen LogP contribution in [0.15, 0.2) is 100 Å². The van der Waals surface area contributed by atoms with E-state index in [4.69, 9.17) is 19.1 Å².